The summed E-state index contributed by atoms with van der Waals surface area (Å²) in [6.45, 7) is 7.67. The second-order valence-electron chi connectivity index (χ2n) is 6.77. The fourth-order valence-corrected chi connectivity index (χ4v) is 3.14. The first-order chi connectivity index (χ1) is 13.8. The highest BCUT2D eigenvalue weighted by molar-refractivity contribution is 5.78. The first-order valence-electron chi connectivity index (χ1n) is 9.60. The number of aromatic nitrogens is 4. The molecule has 29 heavy (non-hydrogen) atoms. The summed E-state index contributed by atoms with van der Waals surface area (Å²) in [5, 5.41) is 16.7. The first kappa shape index (κ1) is 20.4. The number of benzene rings is 1. The van der Waals surface area contributed by atoms with Gasteiger partial charge in [-0.3, -0.25) is 9.59 Å². The smallest absolute Gasteiger partial charge is 0.325 e. The van der Waals surface area contributed by atoms with Crippen LogP contribution in [-0.2, 0) is 11.2 Å². The van der Waals surface area contributed by atoms with Crippen LogP contribution in [0, 0.1) is 6.92 Å². The van der Waals surface area contributed by atoms with E-state index in [1.54, 1.807) is 36.6 Å². The van der Waals surface area contributed by atoms with E-state index in [-0.39, 0.29) is 5.56 Å². The zero-order chi connectivity index (χ0) is 21.1. The maximum Gasteiger partial charge on any atom is 0.325 e. The first-order valence-corrected chi connectivity index (χ1v) is 9.60. The Bertz CT molecular complexity index is 1100. The number of nitrogens with zero attached hydrogens (tertiary/aromatic N) is 3. The molecule has 0 radical (unpaired) electrons. The molecule has 1 aromatic carbocycles. The van der Waals surface area contributed by atoms with Crippen LogP contribution in [0.3, 0.4) is 0 Å². The normalized spacial score (nSPS) is 12.1. The van der Waals surface area contributed by atoms with Gasteiger partial charge in [0.15, 0.2) is 11.3 Å². The molecule has 9 heteroatoms. The average molecular weight is 399 g/mol. The number of imidazole rings is 1. The highest BCUT2D eigenvalue weighted by Crippen LogP contribution is 2.31. The molecular formula is C20H25N5O4. The van der Waals surface area contributed by atoms with Crippen molar-refractivity contribution in [3.05, 3.63) is 40.1 Å². The molecule has 0 aliphatic carbocycles. The van der Waals surface area contributed by atoms with Crippen LogP contribution in [-0.4, -0.2) is 43.3 Å². The number of H-pyrrole nitrogens is 1. The van der Waals surface area contributed by atoms with E-state index in [9.17, 15) is 9.59 Å². The minimum Gasteiger partial charge on any atom is -0.493 e. The number of ether oxygens (including phenoxy) is 1. The number of carbonyl (C=O) groups is 1. The minimum atomic E-state index is -0.966. The molecule has 0 amide bonds. The number of carboxylic acid groups (broad SMARTS) is 1. The number of aryl methyl sites for hydroxylation is 2. The number of hydrogen-bond acceptors (Lipinski definition) is 6. The van der Waals surface area contributed by atoms with Crippen molar-refractivity contribution in [2.75, 3.05) is 11.9 Å². The van der Waals surface area contributed by atoms with Gasteiger partial charge in [0.2, 0.25) is 0 Å². The van der Waals surface area contributed by atoms with Gasteiger partial charge in [-0.15, -0.1) is 5.10 Å². The number of nitrogens with one attached hydrogen (secondary N) is 2. The van der Waals surface area contributed by atoms with Crippen molar-refractivity contribution in [2.24, 2.45) is 0 Å². The monoisotopic (exact) mass is 399 g/mol. The van der Waals surface area contributed by atoms with Crippen LogP contribution in [0.25, 0.3) is 16.9 Å². The Morgan fingerprint density at radius 3 is 2.79 bits per heavy atom. The van der Waals surface area contributed by atoms with E-state index in [2.05, 4.69) is 20.4 Å². The molecule has 0 unspecified atom stereocenters. The number of anilines is 1. The Morgan fingerprint density at radius 1 is 1.38 bits per heavy atom. The van der Waals surface area contributed by atoms with Crippen LogP contribution in [0.5, 0.6) is 5.75 Å². The zero-order valence-electron chi connectivity index (χ0n) is 16.9. The molecule has 0 fully saturated rings. The van der Waals surface area contributed by atoms with E-state index in [4.69, 9.17) is 9.84 Å². The SMILES string of the molecule is CCCc1nc(C)c2c(=O)[nH]c(-c3cc(N[C@@H](C)C(=O)O)ccc3OCC)nn12. The molecule has 3 rings (SSSR count). The van der Waals surface area contributed by atoms with Gasteiger partial charge in [-0.05, 0) is 45.4 Å². The van der Waals surface area contributed by atoms with E-state index < -0.39 is 12.0 Å². The highest BCUT2D eigenvalue weighted by Gasteiger charge is 2.18. The molecule has 3 aromatic rings. The molecule has 0 saturated heterocycles. The molecule has 2 aromatic heterocycles. The summed E-state index contributed by atoms with van der Waals surface area (Å²) in [4.78, 5) is 31.2. The molecule has 0 aliphatic heterocycles. The Balaban J connectivity index is 2.17. The summed E-state index contributed by atoms with van der Waals surface area (Å²) in [5.41, 5.74) is 1.90. The molecule has 0 aliphatic rings. The van der Waals surface area contributed by atoms with E-state index in [0.717, 1.165) is 12.2 Å². The third-order valence-corrected chi connectivity index (χ3v) is 4.50. The van der Waals surface area contributed by atoms with Gasteiger partial charge in [0, 0.05) is 12.1 Å². The van der Waals surface area contributed by atoms with Crippen molar-refractivity contribution in [2.45, 2.75) is 46.6 Å². The maximum absolute atomic E-state index is 12.7. The number of aromatic amines is 1. The third-order valence-electron chi connectivity index (χ3n) is 4.50. The molecule has 3 N–H and O–H groups in total. The average Bonchev–Trinajstić information content (AvgIpc) is 2.99. The van der Waals surface area contributed by atoms with E-state index in [0.29, 0.717) is 47.1 Å². The number of hydrogen-bond donors (Lipinski definition) is 3. The molecule has 0 spiro atoms. The van der Waals surface area contributed by atoms with Crippen LogP contribution in [0.15, 0.2) is 23.0 Å². The van der Waals surface area contributed by atoms with Gasteiger partial charge >= 0.3 is 5.97 Å². The van der Waals surface area contributed by atoms with Gasteiger partial charge in [-0.1, -0.05) is 6.92 Å². The number of aliphatic carboxylic acids is 1. The molecular weight excluding hydrogens is 374 g/mol. The fraction of sp³-hybridized carbons (Fsp3) is 0.400. The van der Waals surface area contributed by atoms with Crippen molar-refractivity contribution in [3.8, 4) is 17.1 Å². The zero-order valence-corrected chi connectivity index (χ0v) is 16.9. The summed E-state index contributed by atoms with van der Waals surface area (Å²) in [6, 6.07) is 4.40. The van der Waals surface area contributed by atoms with Crippen LogP contribution in [0.2, 0.25) is 0 Å². The highest BCUT2D eigenvalue weighted by atomic mass is 16.5. The topological polar surface area (TPSA) is 122 Å². The summed E-state index contributed by atoms with van der Waals surface area (Å²) < 4.78 is 7.29. The number of fused-ring (bicyclic) bond motifs is 1. The Hall–Kier alpha value is -3.36. The van der Waals surface area contributed by atoms with Gasteiger partial charge in [0.1, 0.15) is 17.6 Å². The number of carboxylic acids is 1. The molecule has 0 bridgehead atoms. The lowest BCUT2D eigenvalue weighted by Crippen LogP contribution is -2.25. The lowest BCUT2D eigenvalue weighted by molar-refractivity contribution is -0.137. The van der Waals surface area contributed by atoms with Crippen LogP contribution >= 0.6 is 0 Å². The van der Waals surface area contributed by atoms with Crippen LogP contribution in [0.1, 0.15) is 38.7 Å². The Kier molecular flexibility index (Phi) is 5.86. The lowest BCUT2D eigenvalue weighted by atomic mass is 10.1. The standard InChI is InChI=1S/C20H25N5O4/c1-5-7-16-22-11(3)17-19(26)23-18(24-25(16)17)14-10-13(21-12(4)20(27)28)8-9-15(14)29-6-2/h8-10,12,21H,5-7H2,1-4H3,(H,27,28)(H,23,24,26)/t12-/m0/s1. The van der Waals surface area contributed by atoms with Crippen molar-refractivity contribution in [1.82, 2.24) is 19.6 Å². The quantitative estimate of drug-likeness (QED) is 0.532. The molecule has 154 valence electrons. The minimum absolute atomic E-state index is 0.290. The number of rotatable bonds is 8. The van der Waals surface area contributed by atoms with E-state index in [1.807, 2.05) is 13.8 Å². The second kappa shape index (κ2) is 8.34. The summed E-state index contributed by atoms with van der Waals surface area (Å²) in [7, 11) is 0. The predicted octanol–water partition coefficient (Wildman–Crippen LogP) is 2.63. The Morgan fingerprint density at radius 2 is 2.14 bits per heavy atom. The molecule has 1 atom stereocenters. The van der Waals surface area contributed by atoms with Gasteiger partial charge in [-0.2, -0.15) is 0 Å². The Labute approximate surface area is 167 Å². The van der Waals surface area contributed by atoms with Crippen LogP contribution in [0.4, 0.5) is 5.69 Å². The summed E-state index contributed by atoms with van der Waals surface area (Å²) in [6.07, 6.45) is 1.57. The van der Waals surface area contributed by atoms with Crippen molar-refractivity contribution >= 4 is 17.2 Å². The molecule has 2 heterocycles. The van der Waals surface area contributed by atoms with E-state index in [1.165, 1.54) is 0 Å². The maximum atomic E-state index is 12.7. The summed E-state index contributed by atoms with van der Waals surface area (Å²) >= 11 is 0. The van der Waals surface area contributed by atoms with Gasteiger partial charge in [0.25, 0.3) is 5.56 Å². The van der Waals surface area contributed by atoms with Crippen molar-refractivity contribution in [3.63, 3.8) is 0 Å². The summed E-state index contributed by atoms with van der Waals surface area (Å²) in [5.74, 6) is 0.621. The predicted molar refractivity (Wildman–Crippen MR) is 110 cm³/mol. The fourth-order valence-electron chi connectivity index (χ4n) is 3.14. The van der Waals surface area contributed by atoms with Crippen molar-refractivity contribution in [1.29, 1.82) is 0 Å². The second-order valence-corrected chi connectivity index (χ2v) is 6.77. The molecule has 9 nitrogen and oxygen atoms in total. The lowest BCUT2D eigenvalue weighted by Gasteiger charge is -2.15. The van der Waals surface area contributed by atoms with E-state index >= 15 is 0 Å². The van der Waals surface area contributed by atoms with Gasteiger partial charge in [0.05, 0.1) is 17.9 Å². The largest absolute Gasteiger partial charge is 0.493 e. The molecule has 0 saturated carbocycles. The van der Waals surface area contributed by atoms with Crippen LogP contribution < -0.4 is 15.6 Å². The van der Waals surface area contributed by atoms with Gasteiger partial charge < -0.3 is 20.1 Å². The van der Waals surface area contributed by atoms with Crippen molar-refractivity contribution < 1.29 is 14.6 Å². The van der Waals surface area contributed by atoms with Gasteiger partial charge in [-0.25, -0.2) is 9.50 Å². The third kappa shape index (κ3) is 4.08.